The highest BCUT2D eigenvalue weighted by molar-refractivity contribution is 7.99. The van der Waals surface area contributed by atoms with Crippen LogP contribution in [0.25, 0.3) is 0 Å². The van der Waals surface area contributed by atoms with Crippen LogP contribution >= 0.6 is 11.8 Å². The lowest BCUT2D eigenvalue weighted by Gasteiger charge is -2.09. The molecule has 136 valence electrons. The summed E-state index contributed by atoms with van der Waals surface area (Å²) in [7, 11) is 1.65. The minimum Gasteiger partial charge on any atom is -0.497 e. The summed E-state index contributed by atoms with van der Waals surface area (Å²) in [6.07, 6.45) is 4.09. The Balaban J connectivity index is 1.35. The zero-order valence-corrected chi connectivity index (χ0v) is 15.4. The van der Waals surface area contributed by atoms with E-state index in [-0.39, 0.29) is 0 Å². The number of aromatic nitrogens is 3. The van der Waals surface area contributed by atoms with Gasteiger partial charge in [0.1, 0.15) is 23.1 Å². The van der Waals surface area contributed by atoms with E-state index >= 15 is 0 Å². The summed E-state index contributed by atoms with van der Waals surface area (Å²) in [5.41, 5.74) is 0. The van der Waals surface area contributed by atoms with Gasteiger partial charge in [-0.15, -0.1) is 10.2 Å². The van der Waals surface area contributed by atoms with Crippen molar-refractivity contribution in [1.82, 2.24) is 14.8 Å². The standard InChI is InChI=1S/C19H21N3O3S/c1-23-15-6-8-16(9-7-15)25-11-12-26-19-21-20-18(14-4-5-14)22(19)13-17-3-2-10-24-17/h2-3,6-10,14H,4-5,11-13H2,1H3. The van der Waals surface area contributed by atoms with Gasteiger partial charge in [-0.25, -0.2) is 0 Å². The van der Waals surface area contributed by atoms with Crippen LogP contribution in [0.5, 0.6) is 11.5 Å². The second kappa shape index (κ2) is 7.86. The molecule has 0 atom stereocenters. The van der Waals surface area contributed by atoms with Crippen molar-refractivity contribution in [2.75, 3.05) is 19.5 Å². The molecule has 1 saturated carbocycles. The van der Waals surface area contributed by atoms with Gasteiger partial charge in [-0.1, -0.05) is 11.8 Å². The van der Waals surface area contributed by atoms with Crippen LogP contribution in [-0.2, 0) is 6.54 Å². The predicted octanol–water partition coefficient (Wildman–Crippen LogP) is 3.98. The lowest BCUT2D eigenvalue weighted by Crippen LogP contribution is -2.07. The van der Waals surface area contributed by atoms with Crippen LogP contribution in [0.2, 0.25) is 0 Å². The van der Waals surface area contributed by atoms with Crippen LogP contribution in [0.3, 0.4) is 0 Å². The number of methoxy groups -OCH3 is 1. The highest BCUT2D eigenvalue weighted by Gasteiger charge is 2.30. The van der Waals surface area contributed by atoms with Gasteiger partial charge in [-0.05, 0) is 49.2 Å². The molecule has 0 radical (unpaired) electrons. The molecule has 26 heavy (non-hydrogen) atoms. The molecular formula is C19H21N3O3S. The maximum atomic E-state index is 5.79. The molecule has 7 heteroatoms. The molecule has 1 fully saturated rings. The first-order valence-corrected chi connectivity index (χ1v) is 9.67. The van der Waals surface area contributed by atoms with E-state index in [0.29, 0.717) is 19.1 Å². The van der Waals surface area contributed by atoms with Crippen LogP contribution in [0.4, 0.5) is 0 Å². The summed E-state index contributed by atoms with van der Waals surface area (Å²) >= 11 is 1.66. The third-order valence-corrected chi connectivity index (χ3v) is 5.16. The monoisotopic (exact) mass is 371 g/mol. The number of hydrogen-bond donors (Lipinski definition) is 0. The SMILES string of the molecule is COc1ccc(OCCSc2nnc(C3CC3)n2Cc2ccco2)cc1. The van der Waals surface area contributed by atoms with E-state index in [4.69, 9.17) is 13.9 Å². The average Bonchev–Trinajstić information content (AvgIpc) is 3.24. The zero-order valence-electron chi connectivity index (χ0n) is 14.6. The number of nitrogens with zero attached hydrogens (tertiary/aromatic N) is 3. The Bertz CT molecular complexity index is 826. The Labute approximate surface area is 156 Å². The summed E-state index contributed by atoms with van der Waals surface area (Å²) in [6, 6.07) is 11.5. The van der Waals surface area contributed by atoms with Crippen LogP contribution in [0, 0.1) is 0 Å². The minimum absolute atomic E-state index is 0.544. The van der Waals surface area contributed by atoms with Gasteiger partial charge >= 0.3 is 0 Å². The van der Waals surface area contributed by atoms with Gasteiger partial charge in [-0.3, -0.25) is 4.57 Å². The van der Waals surface area contributed by atoms with E-state index in [0.717, 1.165) is 34.0 Å². The maximum Gasteiger partial charge on any atom is 0.191 e. The number of rotatable bonds is 9. The molecule has 2 heterocycles. The third-order valence-electron chi connectivity index (χ3n) is 4.22. The molecular weight excluding hydrogens is 350 g/mol. The maximum absolute atomic E-state index is 5.79. The highest BCUT2D eigenvalue weighted by atomic mass is 32.2. The molecule has 6 nitrogen and oxygen atoms in total. The Morgan fingerprint density at radius 2 is 1.96 bits per heavy atom. The van der Waals surface area contributed by atoms with E-state index in [1.54, 1.807) is 25.1 Å². The molecule has 0 spiro atoms. The van der Waals surface area contributed by atoms with Gasteiger partial charge in [0, 0.05) is 11.7 Å². The second-order valence-electron chi connectivity index (χ2n) is 6.15. The topological polar surface area (TPSA) is 62.3 Å². The number of hydrogen-bond acceptors (Lipinski definition) is 6. The fraction of sp³-hybridized carbons (Fsp3) is 0.368. The smallest absolute Gasteiger partial charge is 0.191 e. The van der Waals surface area contributed by atoms with Gasteiger partial charge in [0.05, 0.1) is 26.5 Å². The van der Waals surface area contributed by atoms with Crippen molar-refractivity contribution in [2.24, 2.45) is 0 Å². The van der Waals surface area contributed by atoms with Gasteiger partial charge in [0.2, 0.25) is 0 Å². The van der Waals surface area contributed by atoms with Gasteiger partial charge < -0.3 is 13.9 Å². The molecule has 4 rings (SSSR count). The van der Waals surface area contributed by atoms with Gasteiger partial charge in [-0.2, -0.15) is 0 Å². The normalized spacial score (nSPS) is 13.7. The molecule has 0 unspecified atom stereocenters. The molecule has 1 aliphatic carbocycles. The number of furan rings is 1. The summed E-state index contributed by atoms with van der Waals surface area (Å²) in [4.78, 5) is 0. The third kappa shape index (κ3) is 4.04. The van der Waals surface area contributed by atoms with Crippen LogP contribution in [0.1, 0.15) is 30.3 Å². The van der Waals surface area contributed by atoms with E-state index in [1.807, 2.05) is 36.4 Å². The zero-order chi connectivity index (χ0) is 17.8. The number of benzene rings is 1. The first kappa shape index (κ1) is 17.0. The molecule has 0 amide bonds. The van der Waals surface area contributed by atoms with Crippen LogP contribution in [-0.4, -0.2) is 34.2 Å². The molecule has 3 aromatic rings. The van der Waals surface area contributed by atoms with Crippen molar-refractivity contribution in [3.05, 3.63) is 54.2 Å². The van der Waals surface area contributed by atoms with Crippen molar-refractivity contribution < 1.29 is 13.9 Å². The number of ether oxygens (including phenoxy) is 2. The average molecular weight is 371 g/mol. The molecule has 0 N–H and O–H groups in total. The van der Waals surface area contributed by atoms with E-state index < -0.39 is 0 Å². The van der Waals surface area contributed by atoms with Crippen molar-refractivity contribution in [2.45, 2.75) is 30.5 Å². The quantitative estimate of drug-likeness (QED) is 0.419. The molecule has 0 bridgehead atoms. The Morgan fingerprint density at radius 3 is 2.65 bits per heavy atom. The Morgan fingerprint density at radius 1 is 1.15 bits per heavy atom. The van der Waals surface area contributed by atoms with Crippen molar-refractivity contribution >= 4 is 11.8 Å². The summed E-state index contributed by atoms with van der Waals surface area (Å²) in [5.74, 6) is 4.99. The van der Waals surface area contributed by atoms with Crippen LogP contribution in [0.15, 0.2) is 52.2 Å². The highest BCUT2D eigenvalue weighted by Crippen LogP contribution is 2.40. The fourth-order valence-corrected chi connectivity index (χ4v) is 3.48. The van der Waals surface area contributed by atoms with Gasteiger partial charge in [0.15, 0.2) is 5.16 Å². The fourth-order valence-electron chi connectivity index (χ4n) is 2.72. The van der Waals surface area contributed by atoms with E-state index in [1.165, 1.54) is 12.8 Å². The number of thioether (sulfide) groups is 1. The Kier molecular flexibility index (Phi) is 5.15. The lowest BCUT2D eigenvalue weighted by atomic mass is 10.3. The molecule has 1 aromatic carbocycles. The largest absolute Gasteiger partial charge is 0.497 e. The molecule has 0 aliphatic heterocycles. The Hall–Kier alpha value is -2.41. The molecule has 1 aliphatic rings. The predicted molar refractivity (Wildman–Crippen MR) is 99.0 cm³/mol. The van der Waals surface area contributed by atoms with Crippen molar-refractivity contribution in [3.8, 4) is 11.5 Å². The second-order valence-corrected chi connectivity index (χ2v) is 7.22. The summed E-state index contributed by atoms with van der Waals surface area (Å²) in [6.45, 7) is 1.27. The van der Waals surface area contributed by atoms with Crippen molar-refractivity contribution in [3.63, 3.8) is 0 Å². The molecule has 0 saturated heterocycles. The molecule has 2 aromatic heterocycles. The van der Waals surface area contributed by atoms with E-state index in [9.17, 15) is 0 Å². The first-order valence-electron chi connectivity index (χ1n) is 8.68. The van der Waals surface area contributed by atoms with Crippen LogP contribution < -0.4 is 9.47 Å². The minimum atomic E-state index is 0.544. The van der Waals surface area contributed by atoms with E-state index in [2.05, 4.69) is 14.8 Å². The van der Waals surface area contributed by atoms with Crippen molar-refractivity contribution in [1.29, 1.82) is 0 Å². The summed E-state index contributed by atoms with van der Waals surface area (Å²) in [5, 5.41) is 9.72. The van der Waals surface area contributed by atoms with Gasteiger partial charge in [0.25, 0.3) is 0 Å². The lowest BCUT2D eigenvalue weighted by molar-refractivity contribution is 0.342. The first-order chi connectivity index (χ1) is 12.8. The summed E-state index contributed by atoms with van der Waals surface area (Å²) < 4.78 is 18.6.